The first-order valence-corrected chi connectivity index (χ1v) is 8.43. The zero-order chi connectivity index (χ0) is 13.6. The van der Waals surface area contributed by atoms with E-state index >= 15 is 0 Å². The molecule has 0 spiro atoms. The summed E-state index contributed by atoms with van der Waals surface area (Å²) in [5.41, 5.74) is 0. The summed E-state index contributed by atoms with van der Waals surface area (Å²) in [5, 5.41) is 2.12. The molecule has 0 bridgehead atoms. The smallest absolute Gasteiger partial charge is 0.112 e. The van der Waals surface area contributed by atoms with Crippen molar-refractivity contribution in [1.82, 2.24) is 13.6 Å². The highest BCUT2D eigenvalue weighted by molar-refractivity contribution is 7.97. The van der Waals surface area contributed by atoms with E-state index in [1.807, 2.05) is 0 Å². The highest BCUT2D eigenvalue weighted by atomic mass is 32.2. The van der Waals surface area contributed by atoms with Crippen LogP contribution in [0.1, 0.15) is 0 Å². The van der Waals surface area contributed by atoms with E-state index in [4.69, 9.17) is 14.5 Å². The lowest BCUT2D eigenvalue weighted by Crippen LogP contribution is -2.31. The van der Waals surface area contributed by atoms with Crippen molar-refractivity contribution in [2.24, 2.45) is 0 Å². The standard InChI is InChI=1S/C13H19N3O2S2/c1-2-12(19-15-4-8-17-9-5-15)14-13(3-1)20-16-6-10-18-11-7-16/h1-3H,4-11H2. The van der Waals surface area contributed by atoms with Gasteiger partial charge in [-0.15, -0.1) is 0 Å². The van der Waals surface area contributed by atoms with E-state index in [2.05, 4.69) is 26.8 Å². The van der Waals surface area contributed by atoms with Crippen LogP contribution in [0.5, 0.6) is 0 Å². The van der Waals surface area contributed by atoms with Crippen LogP contribution in [0.3, 0.4) is 0 Å². The predicted octanol–water partition coefficient (Wildman–Crippen LogP) is 1.76. The lowest BCUT2D eigenvalue weighted by molar-refractivity contribution is 0.0771. The summed E-state index contributed by atoms with van der Waals surface area (Å²) in [5.74, 6) is 0. The van der Waals surface area contributed by atoms with Crippen molar-refractivity contribution in [1.29, 1.82) is 0 Å². The van der Waals surface area contributed by atoms with E-state index < -0.39 is 0 Å². The lowest BCUT2D eigenvalue weighted by atomic mass is 10.5. The molecule has 3 heterocycles. The molecule has 0 saturated carbocycles. The molecule has 2 aliphatic rings. The first kappa shape index (κ1) is 14.6. The van der Waals surface area contributed by atoms with Gasteiger partial charge in [0.15, 0.2) is 0 Å². The van der Waals surface area contributed by atoms with Gasteiger partial charge in [-0.2, -0.15) is 0 Å². The maximum atomic E-state index is 5.36. The highest BCUT2D eigenvalue weighted by Crippen LogP contribution is 2.26. The summed E-state index contributed by atoms with van der Waals surface area (Å²) in [4.78, 5) is 4.72. The van der Waals surface area contributed by atoms with Crippen molar-refractivity contribution in [3.8, 4) is 0 Å². The number of rotatable bonds is 4. The molecule has 0 aliphatic carbocycles. The highest BCUT2D eigenvalue weighted by Gasteiger charge is 2.15. The Morgan fingerprint density at radius 3 is 1.70 bits per heavy atom. The van der Waals surface area contributed by atoms with Gasteiger partial charge in [0, 0.05) is 26.2 Å². The topological polar surface area (TPSA) is 37.8 Å². The summed E-state index contributed by atoms with van der Waals surface area (Å²) in [6, 6.07) is 6.23. The van der Waals surface area contributed by atoms with Crippen molar-refractivity contribution in [3.05, 3.63) is 18.2 Å². The third kappa shape index (κ3) is 4.34. The van der Waals surface area contributed by atoms with Crippen molar-refractivity contribution in [2.75, 3.05) is 52.6 Å². The molecule has 0 amide bonds. The molecule has 2 fully saturated rings. The number of pyridine rings is 1. The van der Waals surface area contributed by atoms with Crippen LogP contribution in [0.15, 0.2) is 28.3 Å². The van der Waals surface area contributed by atoms with Crippen molar-refractivity contribution in [2.45, 2.75) is 10.1 Å². The largest absolute Gasteiger partial charge is 0.379 e. The van der Waals surface area contributed by atoms with Gasteiger partial charge >= 0.3 is 0 Å². The number of morpholine rings is 2. The molecule has 0 unspecified atom stereocenters. The molecule has 1 aromatic rings. The van der Waals surface area contributed by atoms with Gasteiger partial charge in [-0.05, 0) is 36.0 Å². The Morgan fingerprint density at radius 2 is 1.25 bits per heavy atom. The molecule has 0 N–H and O–H groups in total. The molecular weight excluding hydrogens is 294 g/mol. The van der Waals surface area contributed by atoms with Crippen LogP contribution in [0, 0.1) is 0 Å². The molecule has 20 heavy (non-hydrogen) atoms. The van der Waals surface area contributed by atoms with Crippen LogP contribution in [-0.4, -0.2) is 66.2 Å². The fraction of sp³-hybridized carbons (Fsp3) is 0.615. The maximum Gasteiger partial charge on any atom is 0.112 e. The maximum absolute atomic E-state index is 5.36. The fourth-order valence-electron chi connectivity index (χ4n) is 2.04. The van der Waals surface area contributed by atoms with E-state index in [1.54, 1.807) is 23.9 Å². The summed E-state index contributed by atoms with van der Waals surface area (Å²) >= 11 is 3.45. The van der Waals surface area contributed by atoms with Gasteiger partial charge < -0.3 is 9.47 Å². The monoisotopic (exact) mass is 313 g/mol. The Bertz CT molecular complexity index is 389. The molecule has 0 aromatic carbocycles. The quantitative estimate of drug-likeness (QED) is 0.784. The Balaban J connectivity index is 1.57. The van der Waals surface area contributed by atoms with Crippen LogP contribution < -0.4 is 0 Å². The van der Waals surface area contributed by atoms with Gasteiger partial charge in [-0.1, -0.05) is 6.07 Å². The van der Waals surface area contributed by atoms with E-state index in [9.17, 15) is 0 Å². The molecule has 1 aromatic heterocycles. The van der Waals surface area contributed by atoms with Crippen molar-refractivity contribution < 1.29 is 9.47 Å². The van der Waals surface area contributed by atoms with E-state index in [-0.39, 0.29) is 0 Å². The number of aromatic nitrogens is 1. The zero-order valence-corrected chi connectivity index (χ0v) is 13.0. The van der Waals surface area contributed by atoms with Gasteiger partial charge in [0.25, 0.3) is 0 Å². The lowest BCUT2D eigenvalue weighted by Gasteiger charge is -2.26. The summed E-state index contributed by atoms with van der Waals surface area (Å²) in [6.45, 7) is 7.12. The summed E-state index contributed by atoms with van der Waals surface area (Å²) in [7, 11) is 0. The van der Waals surface area contributed by atoms with Crippen molar-refractivity contribution in [3.63, 3.8) is 0 Å². The Kier molecular flexibility index (Phi) is 5.58. The van der Waals surface area contributed by atoms with Crippen molar-refractivity contribution >= 4 is 23.9 Å². The predicted molar refractivity (Wildman–Crippen MR) is 80.7 cm³/mol. The van der Waals surface area contributed by atoms with Crippen LogP contribution in [0.4, 0.5) is 0 Å². The molecule has 110 valence electrons. The van der Waals surface area contributed by atoms with Crippen LogP contribution in [0.2, 0.25) is 0 Å². The van der Waals surface area contributed by atoms with E-state index in [0.717, 1.165) is 62.7 Å². The van der Waals surface area contributed by atoms with E-state index in [0.29, 0.717) is 0 Å². The first-order chi connectivity index (χ1) is 9.90. The van der Waals surface area contributed by atoms with Gasteiger partial charge in [0.05, 0.1) is 26.4 Å². The Labute approximate surface area is 128 Å². The second-order valence-electron chi connectivity index (χ2n) is 4.58. The van der Waals surface area contributed by atoms with Crippen LogP contribution in [-0.2, 0) is 9.47 Å². The zero-order valence-electron chi connectivity index (χ0n) is 11.4. The number of hydrogen-bond donors (Lipinski definition) is 0. The van der Waals surface area contributed by atoms with E-state index in [1.165, 1.54) is 0 Å². The third-order valence-corrected chi connectivity index (χ3v) is 5.16. The second-order valence-corrected chi connectivity index (χ2v) is 6.81. The second kappa shape index (κ2) is 7.63. The first-order valence-electron chi connectivity index (χ1n) is 6.88. The molecule has 2 aliphatic heterocycles. The fourth-order valence-corrected chi connectivity index (χ4v) is 3.85. The Hall–Kier alpha value is -0.310. The SMILES string of the molecule is c1cc(SN2CCOCC2)nc(SN2CCOCC2)c1. The third-order valence-electron chi connectivity index (χ3n) is 3.08. The summed E-state index contributed by atoms with van der Waals surface area (Å²) < 4.78 is 15.4. The molecule has 3 rings (SSSR count). The minimum Gasteiger partial charge on any atom is -0.379 e. The molecule has 2 saturated heterocycles. The van der Waals surface area contributed by atoms with Gasteiger partial charge in [-0.25, -0.2) is 13.6 Å². The van der Waals surface area contributed by atoms with Gasteiger partial charge in [0.2, 0.25) is 0 Å². The molecular formula is C13H19N3O2S2. The van der Waals surface area contributed by atoms with Crippen LogP contribution >= 0.6 is 23.9 Å². The summed E-state index contributed by atoms with van der Waals surface area (Å²) in [6.07, 6.45) is 0. The molecule has 5 nitrogen and oxygen atoms in total. The number of hydrogen-bond acceptors (Lipinski definition) is 7. The molecule has 7 heteroatoms. The van der Waals surface area contributed by atoms with Gasteiger partial charge in [0.1, 0.15) is 10.1 Å². The number of ether oxygens (including phenoxy) is 2. The minimum absolute atomic E-state index is 0.815. The van der Waals surface area contributed by atoms with Crippen LogP contribution in [0.25, 0.3) is 0 Å². The number of nitrogens with zero attached hydrogens (tertiary/aromatic N) is 3. The average Bonchev–Trinajstić information content (AvgIpc) is 2.50. The Morgan fingerprint density at radius 1 is 0.800 bits per heavy atom. The minimum atomic E-state index is 0.815. The molecule has 0 radical (unpaired) electrons. The average molecular weight is 313 g/mol. The van der Waals surface area contributed by atoms with Gasteiger partial charge in [-0.3, -0.25) is 0 Å². The molecule has 0 atom stereocenters. The normalized spacial score (nSPS) is 22.0.